The number of hydrogen-bond acceptors (Lipinski definition) is 2. The summed E-state index contributed by atoms with van der Waals surface area (Å²) in [5.41, 5.74) is 0. The van der Waals surface area contributed by atoms with E-state index in [1.807, 2.05) is 13.8 Å². The fourth-order valence-corrected chi connectivity index (χ4v) is 2.42. The highest BCUT2D eigenvalue weighted by Gasteiger charge is 2.34. The first-order valence-corrected chi connectivity index (χ1v) is 6.75. The molecule has 18 heavy (non-hydrogen) atoms. The first-order chi connectivity index (χ1) is 8.45. The number of carboxylic acids is 1. The Morgan fingerprint density at radius 3 is 2.72 bits per heavy atom. The summed E-state index contributed by atoms with van der Waals surface area (Å²) in [6.45, 7) is 6.57. The van der Waals surface area contributed by atoms with Crippen LogP contribution in [0.2, 0.25) is 0 Å². The molecular formula is C13H24N2O3. The first kappa shape index (κ1) is 14.8. The Bertz CT molecular complexity index is 307. The van der Waals surface area contributed by atoms with Crippen LogP contribution in [0.4, 0.5) is 4.79 Å². The smallest absolute Gasteiger partial charge is 0.326 e. The molecule has 2 amide bonds. The fraction of sp³-hybridized carbons (Fsp3) is 0.846. The van der Waals surface area contributed by atoms with E-state index in [9.17, 15) is 14.7 Å². The lowest BCUT2D eigenvalue weighted by atomic mass is 9.93. The molecule has 1 aliphatic rings. The van der Waals surface area contributed by atoms with Crippen molar-refractivity contribution in [2.75, 3.05) is 6.54 Å². The van der Waals surface area contributed by atoms with E-state index in [4.69, 9.17) is 0 Å². The van der Waals surface area contributed by atoms with Gasteiger partial charge in [0, 0.05) is 12.6 Å². The van der Waals surface area contributed by atoms with Gasteiger partial charge >= 0.3 is 12.0 Å². The van der Waals surface area contributed by atoms with Crippen LogP contribution in [0.15, 0.2) is 0 Å². The Labute approximate surface area is 109 Å². The van der Waals surface area contributed by atoms with E-state index < -0.39 is 12.0 Å². The summed E-state index contributed by atoms with van der Waals surface area (Å²) in [5.74, 6) is -0.539. The molecule has 0 radical (unpaired) electrons. The summed E-state index contributed by atoms with van der Waals surface area (Å²) in [6.07, 6.45) is 3.33. The highest BCUT2D eigenvalue weighted by atomic mass is 16.4. The number of likely N-dealkylation sites (tertiary alicyclic amines) is 1. The number of rotatable bonds is 4. The Morgan fingerprint density at radius 1 is 1.50 bits per heavy atom. The van der Waals surface area contributed by atoms with Crippen molar-refractivity contribution in [3.63, 3.8) is 0 Å². The van der Waals surface area contributed by atoms with Crippen molar-refractivity contribution in [2.24, 2.45) is 5.92 Å². The Balaban J connectivity index is 2.61. The third-order valence-electron chi connectivity index (χ3n) is 3.50. The van der Waals surface area contributed by atoms with Crippen LogP contribution in [0.25, 0.3) is 0 Å². The highest BCUT2D eigenvalue weighted by Crippen LogP contribution is 2.22. The molecule has 1 fully saturated rings. The van der Waals surface area contributed by atoms with Gasteiger partial charge in [-0.2, -0.15) is 0 Å². The minimum atomic E-state index is -0.903. The predicted octanol–water partition coefficient (Wildman–Crippen LogP) is 2.07. The second-order valence-electron chi connectivity index (χ2n) is 5.32. The van der Waals surface area contributed by atoms with Crippen molar-refractivity contribution < 1.29 is 14.7 Å². The van der Waals surface area contributed by atoms with E-state index in [1.165, 1.54) is 4.90 Å². The van der Waals surface area contributed by atoms with Gasteiger partial charge in [0.2, 0.25) is 0 Å². The maximum atomic E-state index is 12.1. The van der Waals surface area contributed by atoms with E-state index in [0.29, 0.717) is 18.9 Å². The van der Waals surface area contributed by atoms with Gasteiger partial charge in [0.05, 0.1) is 0 Å². The van der Waals surface area contributed by atoms with Crippen molar-refractivity contribution in [2.45, 2.75) is 58.5 Å². The van der Waals surface area contributed by atoms with Gasteiger partial charge in [0.15, 0.2) is 0 Å². The number of carbonyl (C=O) groups is 2. The molecular weight excluding hydrogens is 232 g/mol. The first-order valence-electron chi connectivity index (χ1n) is 6.75. The number of aliphatic carboxylic acids is 1. The summed E-state index contributed by atoms with van der Waals surface area (Å²) >= 11 is 0. The number of piperidine rings is 1. The molecule has 0 aliphatic carbocycles. The molecule has 0 aromatic carbocycles. The maximum absolute atomic E-state index is 12.1. The lowest BCUT2D eigenvalue weighted by Gasteiger charge is -2.36. The molecule has 1 aliphatic heterocycles. The molecule has 0 bridgehead atoms. The summed E-state index contributed by atoms with van der Waals surface area (Å²) in [4.78, 5) is 24.7. The largest absolute Gasteiger partial charge is 0.480 e. The van der Waals surface area contributed by atoms with Gasteiger partial charge < -0.3 is 15.3 Å². The van der Waals surface area contributed by atoms with Crippen LogP contribution in [0, 0.1) is 5.92 Å². The van der Waals surface area contributed by atoms with Crippen LogP contribution in [-0.2, 0) is 4.79 Å². The van der Waals surface area contributed by atoms with Gasteiger partial charge in [0.25, 0.3) is 0 Å². The number of carboxylic acid groups (broad SMARTS) is 1. The zero-order valence-electron chi connectivity index (χ0n) is 11.5. The molecule has 0 spiro atoms. The quantitative estimate of drug-likeness (QED) is 0.809. The van der Waals surface area contributed by atoms with Gasteiger partial charge in [-0.1, -0.05) is 20.3 Å². The standard InChI is InChI=1S/C13H24N2O3/c1-4-5-10(3)14-13(18)15-7-6-9(2)8-11(15)12(16)17/h9-11H,4-8H2,1-3H3,(H,14,18)(H,16,17). The van der Waals surface area contributed by atoms with Crippen LogP contribution < -0.4 is 5.32 Å². The van der Waals surface area contributed by atoms with Gasteiger partial charge in [0.1, 0.15) is 6.04 Å². The SMILES string of the molecule is CCCC(C)NC(=O)N1CCC(C)CC1C(=O)O. The summed E-state index contributed by atoms with van der Waals surface area (Å²) < 4.78 is 0. The second-order valence-corrected chi connectivity index (χ2v) is 5.32. The number of nitrogens with zero attached hydrogens (tertiary/aromatic N) is 1. The van der Waals surface area contributed by atoms with Crippen molar-refractivity contribution in [1.82, 2.24) is 10.2 Å². The topological polar surface area (TPSA) is 69.6 Å². The molecule has 1 heterocycles. The molecule has 104 valence electrons. The van der Waals surface area contributed by atoms with Crippen LogP contribution >= 0.6 is 0 Å². The molecule has 1 rings (SSSR count). The molecule has 5 nitrogen and oxygen atoms in total. The van der Waals surface area contributed by atoms with Crippen LogP contribution in [0.1, 0.15) is 46.5 Å². The van der Waals surface area contributed by atoms with E-state index in [1.54, 1.807) is 0 Å². The van der Waals surface area contributed by atoms with E-state index in [0.717, 1.165) is 19.3 Å². The second kappa shape index (κ2) is 6.61. The Kier molecular flexibility index (Phi) is 5.44. The average Bonchev–Trinajstić information content (AvgIpc) is 2.28. The van der Waals surface area contributed by atoms with Gasteiger partial charge in [-0.05, 0) is 32.1 Å². The van der Waals surface area contributed by atoms with Gasteiger partial charge in [-0.25, -0.2) is 9.59 Å². The monoisotopic (exact) mass is 256 g/mol. The van der Waals surface area contributed by atoms with E-state index >= 15 is 0 Å². The van der Waals surface area contributed by atoms with Crippen molar-refractivity contribution in [3.8, 4) is 0 Å². The normalized spacial score (nSPS) is 25.6. The third kappa shape index (κ3) is 3.89. The van der Waals surface area contributed by atoms with Crippen LogP contribution in [0.5, 0.6) is 0 Å². The molecule has 0 aromatic rings. The fourth-order valence-electron chi connectivity index (χ4n) is 2.42. The Morgan fingerprint density at radius 2 is 2.17 bits per heavy atom. The molecule has 5 heteroatoms. The molecule has 1 saturated heterocycles. The highest BCUT2D eigenvalue weighted by molar-refractivity contribution is 5.83. The van der Waals surface area contributed by atoms with Gasteiger partial charge in [-0.3, -0.25) is 0 Å². The number of urea groups is 1. The molecule has 0 aromatic heterocycles. The lowest BCUT2D eigenvalue weighted by Crippen LogP contribution is -2.54. The minimum absolute atomic E-state index is 0.0938. The number of hydrogen-bond donors (Lipinski definition) is 2. The maximum Gasteiger partial charge on any atom is 0.326 e. The Hall–Kier alpha value is -1.26. The number of amides is 2. The van der Waals surface area contributed by atoms with E-state index in [2.05, 4.69) is 12.2 Å². The zero-order valence-corrected chi connectivity index (χ0v) is 11.5. The van der Waals surface area contributed by atoms with Crippen molar-refractivity contribution in [3.05, 3.63) is 0 Å². The number of nitrogens with one attached hydrogen (secondary N) is 1. The lowest BCUT2D eigenvalue weighted by molar-refractivity contribution is -0.143. The third-order valence-corrected chi connectivity index (χ3v) is 3.50. The molecule has 3 atom stereocenters. The summed E-state index contributed by atoms with van der Waals surface area (Å²) in [6, 6.07) is -0.825. The van der Waals surface area contributed by atoms with Gasteiger partial charge in [-0.15, -0.1) is 0 Å². The van der Waals surface area contributed by atoms with Crippen LogP contribution in [-0.4, -0.2) is 40.6 Å². The predicted molar refractivity (Wildman–Crippen MR) is 69.4 cm³/mol. The average molecular weight is 256 g/mol. The van der Waals surface area contributed by atoms with E-state index in [-0.39, 0.29) is 12.1 Å². The number of carbonyl (C=O) groups excluding carboxylic acids is 1. The summed E-state index contributed by atoms with van der Waals surface area (Å²) in [7, 11) is 0. The van der Waals surface area contributed by atoms with Crippen LogP contribution in [0.3, 0.4) is 0 Å². The molecule has 0 saturated carbocycles. The summed E-state index contributed by atoms with van der Waals surface area (Å²) in [5, 5.41) is 12.1. The van der Waals surface area contributed by atoms with Crippen molar-refractivity contribution >= 4 is 12.0 Å². The molecule has 2 N–H and O–H groups in total. The zero-order chi connectivity index (χ0) is 13.7. The van der Waals surface area contributed by atoms with Crippen molar-refractivity contribution in [1.29, 1.82) is 0 Å². The molecule has 3 unspecified atom stereocenters. The minimum Gasteiger partial charge on any atom is -0.480 e.